The average Bonchev–Trinajstić information content (AvgIpc) is 2.87. The summed E-state index contributed by atoms with van der Waals surface area (Å²) in [5.41, 5.74) is 1.17. The molecule has 1 aromatic carbocycles. The van der Waals surface area contributed by atoms with Gasteiger partial charge in [0, 0.05) is 5.75 Å². The van der Waals surface area contributed by atoms with E-state index in [1.54, 1.807) is 24.3 Å². The van der Waals surface area contributed by atoms with Crippen LogP contribution in [0.4, 0.5) is 0 Å². The van der Waals surface area contributed by atoms with Crippen LogP contribution in [0.5, 0.6) is 0 Å². The van der Waals surface area contributed by atoms with Gasteiger partial charge >= 0.3 is 5.97 Å². The van der Waals surface area contributed by atoms with Crippen LogP contribution in [0.2, 0.25) is 0 Å². The quantitative estimate of drug-likeness (QED) is 0.334. The smallest absolute Gasteiger partial charge is 0.332 e. The molecule has 3 aliphatic rings. The molecule has 8 heteroatoms. The molecule has 1 aromatic rings. The summed E-state index contributed by atoms with van der Waals surface area (Å²) in [7, 11) is 1.25. The Kier molecular flexibility index (Phi) is 3.47. The van der Waals surface area contributed by atoms with Gasteiger partial charge in [-0.25, -0.2) is 4.79 Å². The van der Waals surface area contributed by atoms with Gasteiger partial charge in [0.2, 0.25) is 0 Å². The highest BCUT2D eigenvalue weighted by Crippen LogP contribution is 2.44. The molecular formula is C17H14N2O5S. The van der Waals surface area contributed by atoms with Crippen LogP contribution in [0.3, 0.4) is 0 Å². The number of nitrogens with zero attached hydrogens (tertiary/aromatic N) is 2. The van der Waals surface area contributed by atoms with Gasteiger partial charge in [0.15, 0.2) is 6.04 Å². The summed E-state index contributed by atoms with van der Waals surface area (Å²) in [5.74, 6) is -1.50. The van der Waals surface area contributed by atoms with Crippen molar-refractivity contribution in [2.24, 2.45) is 0 Å². The van der Waals surface area contributed by atoms with Crippen LogP contribution in [0, 0.1) is 0 Å². The van der Waals surface area contributed by atoms with Crippen molar-refractivity contribution in [3.8, 4) is 0 Å². The van der Waals surface area contributed by atoms with E-state index in [1.165, 1.54) is 23.8 Å². The lowest BCUT2D eigenvalue weighted by Gasteiger charge is -2.54. The summed E-state index contributed by atoms with van der Waals surface area (Å²) in [6.45, 7) is 3.84. The largest absolute Gasteiger partial charge is 0.467 e. The molecule has 128 valence electrons. The zero-order valence-corrected chi connectivity index (χ0v) is 14.1. The van der Waals surface area contributed by atoms with Crippen LogP contribution in [-0.2, 0) is 14.3 Å². The number of β-lactam (4-membered cyclic amide) rings is 1. The van der Waals surface area contributed by atoms with Crippen molar-refractivity contribution in [2.75, 3.05) is 12.9 Å². The maximum atomic E-state index is 12.7. The van der Waals surface area contributed by atoms with Crippen LogP contribution in [0.1, 0.15) is 20.7 Å². The number of benzene rings is 1. The molecule has 0 aliphatic carbocycles. The number of imide groups is 1. The fraction of sp³-hybridized carbons (Fsp3) is 0.294. The van der Waals surface area contributed by atoms with Crippen molar-refractivity contribution in [3.63, 3.8) is 0 Å². The maximum Gasteiger partial charge on any atom is 0.332 e. The van der Waals surface area contributed by atoms with E-state index in [9.17, 15) is 19.2 Å². The zero-order chi connectivity index (χ0) is 17.9. The number of methoxy groups -OCH3 is 1. The Hall–Kier alpha value is -2.61. The van der Waals surface area contributed by atoms with Gasteiger partial charge < -0.3 is 9.64 Å². The van der Waals surface area contributed by atoms with E-state index < -0.39 is 41.1 Å². The summed E-state index contributed by atoms with van der Waals surface area (Å²) in [6.07, 6.45) is 0. The number of rotatable bonds is 2. The van der Waals surface area contributed by atoms with Crippen molar-refractivity contribution < 1.29 is 23.9 Å². The summed E-state index contributed by atoms with van der Waals surface area (Å²) in [6, 6.07) is 4.73. The minimum absolute atomic E-state index is 0.300. The molecule has 25 heavy (non-hydrogen) atoms. The third-order valence-corrected chi connectivity index (χ3v) is 6.05. The molecule has 3 amide bonds. The Morgan fingerprint density at radius 1 is 1.20 bits per heavy atom. The van der Waals surface area contributed by atoms with E-state index in [1.807, 2.05) is 0 Å². The van der Waals surface area contributed by atoms with E-state index in [0.717, 1.165) is 4.90 Å². The van der Waals surface area contributed by atoms with Gasteiger partial charge in [0.25, 0.3) is 17.7 Å². The maximum absolute atomic E-state index is 12.7. The lowest BCUT2D eigenvalue weighted by molar-refractivity contribution is -0.163. The number of fused-ring (bicyclic) bond motifs is 2. The highest BCUT2D eigenvalue weighted by atomic mass is 32.2. The van der Waals surface area contributed by atoms with E-state index in [2.05, 4.69) is 6.58 Å². The molecule has 2 fully saturated rings. The van der Waals surface area contributed by atoms with Gasteiger partial charge in [-0.15, -0.1) is 11.8 Å². The zero-order valence-electron chi connectivity index (χ0n) is 13.3. The topological polar surface area (TPSA) is 84.0 Å². The standard InChI is InChI=1S/C17H14N2O5S/c1-8-7-25-16-12(15(22)19(16)11(8)17(23)24-2)18-13(20)9-5-3-4-6-10(9)14(18)21/h3-6,11-12,16H,1,7H2,2H3/t11?,12?,16-/m1/s1. The number of carbonyl (C=O) groups excluding carboxylic acids is 4. The van der Waals surface area contributed by atoms with Gasteiger partial charge in [-0.2, -0.15) is 0 Å². The average molecular weight is 358 g/mol. The predicted molar refractivity (Wildman–Crippen MR) is 88.8 cm³/mol. The van der Waals surface area contributed by atoms with Crippen molar-refractivity contribution in [1.29, 1.82) is 0 Å². The molecule has 0 spiro atoms. The van der Waals surface area contributed by atoms with Crippen LogP contribution < -0.4 is 0 Å². The number of amides is 3. The number of thioether (sulfide) groups is 1. The van der Waals surface area contributed by atoms with Crippen LogP contribution in [0.15, 0.2) is 36.4 Å². The van der Waals surface area contributed by atoms with Gasteiger partial charge in [0.1, 0.15) is 11.4 Å². The molecule has 7 nitrogen and oxygen atoms in total. The molecule has 3 heterocycles. The van der Waals surface area contributed by atoms with Gasteiger partial charge in [-0.05, 0) is 17.7 Å². The normalized spacial score (nSPS) is 27.8. The van der Waals surface area contributed by atoms with Crippen molar-refractivity contribution in [3.05, 3.63) is 47.5 Å². The number of carbonyl (C=O) groups is 4. The molecule has 4 rings (SSSR count). The molecule has 0 bridgehead atoms. The van der Waals surface area contributed by atoms with E-state index in [-0.39, 0.29) is 0 Å². The summed E-state index contributed by atoms with van der Waals surface area (Å²) < 4.78 is 4.76. The van der Waals surface area contributed by atoms with Crippen molar-refractivity contribution >= 4 is 35.5 Å². The second-order valence-corrected chi connectivity index (χ2v) is 7.11. The fourth-order valence-corrected chi connectivity index (χ4v) is 4.82. The lowest BCUT2D eigenvalue weighted by Crippen LogP contribution is -2.75. The fourth-order valence-electron chi connectivity index (χ4n) is 3.47. The Morgan fingerprint density at radius 2 is 1.80 bits per heavy atom. The first-order valence-corrected chi connectivity index (χ1v) is 8.68. The molecule has 2 saturated heterocycles. The molecular weight excluding hydrogens is 344 g/mol. The van der Waals surface area contributed by atoms with Crippen LogP contribution >= 0.6 is 11.8 Å². The molecule has 3 aliphatic heterocycles. The SMILES string of the molecule is C=C1CS[C@@H]2C(N3C(=O)c4ccccc4C3=O)C(=O)N2C1C(=O)OC. The lowest BCUT2D eigenvalue weighted by atomic mass is 9.97. The number of hydrogen-bond donors (Lipinski definition) is 0. The number of esters is 1. The number of ether oxygens (including phenoxy) is 1. The summed E-state index contributed by atoms with van der Waals surface area (Å²) in [4.78, 5) is 52.3. The third-order valence-electron chi connectivity index (χ3n) is 4.68. The first-order valence-electron chi connectivity index (χ1n) is 7.63. The second kappa shape index (κ2) is 5.45. The molecule has 0 radical (unpaired) electrons. The first kappa shape index (κ1) is 15.9. The van der Waals surface area contributed by atoms with E-state index in [0.29, 0.717) is 22.5 Å². The summed E-state index contributed by atoms with van der Waals surface area (Å²) in [5, 5.41) is -0.468. The third kappa shape index (κ3) is 2.00. The predicted octanol–water partition coefficient (Wildman–Crippen LogP) is 0.664. The van der Waals surface area contributed by atoms with Gasteiger partial charge in [-0.1, -0.05) is 18.7 Å². The Labute approximate surface area is 147 Å². The monoisotopic (exact) mass is 358 g/mol. The first-order chi connectivity index (χ1) is 12.0. The second-order valence-electron chi connectivity index (χ2n) is 6.00. The van der Waals surface area contributed by atoms with Crippen LogP contribution in [0.25, 0.3) is 0 Å². The molecule has 0 saturated carbocycles. The Bertz CT molecular complexity index is 808. The number of hydrogen-bond acceptors (Lipinski definition) is 6. The van der Waals surface area contributed by atoms with Gasteiger partial charge in [0.05, 0.1) is 18.2 Å². The Balaban J connectivity index is 1.66. The molecule has 2 unspecified atom stereocenters. The van der Waals surface area contributed by atoms with Crippen molar-refractivity contribution in [1.82, 2.24) is 9.80 Å². The molecule has 0 N–H and O–H groups in total. The van der Waals surface area contributed by atoms with Crippen LogP contribution in [-0.4, -0.2) is 63.8 Å². The van der Waals surface area contributed by atoms with E-state index >= 15 is 0 Å². The highest BCUT2D eigenvalue weighted by molar-refractivity contribution is 8.00. The molecule has 3 atom stereocenters. The summed E-state index contributed by atoms with van der Waals surface area (Å²) >= 11 is 1.39. The van der Waals surface area contributed by atoms with Crippen molar-refractivity contribution in [2.45, 2.75) is 17.5 Å². The highest BCUT2D eigenvalue weighted by Gasteiger charge is 2.61. The minimum Gasteiger partial charge on any atom is -0.467 e. The molecule has 0 aromatic heterocycles. The minimum atomic E-state index is -0.905. The Morgan fingerprint density at radius 3 is 2.36 bits per heavy atom. The van der Waals surface area contributed by atoms with Gasteiger partial charge in [-0.3, -0.25) is 19.3 Å². The van der Waals surface area contributed by atoms with E-state index in [4.69, 9.17) is 4.74 Å².